The lowest BCUT2D eigenvalue weighted by molar-refractivity contribution is -0.115. The van der Waals surface area contributed by atoms with E-state index in [4.69, 9.17) is 5.73 Å². The number of primary amides is 1. The lowest BCUT2D eigenvalue weighted by Crippen LogP contribution is -2.20. The highest BCUT2D eigenvalue weighted by Gasteiger charge is 2.27. The van der Waals surface area contributed by atoms with E-state index in [0.717, 1.165) is 41.1 Å². The van der Waals surface area contributed by atoms with Gasteiger partial charge in [0.2, 0.25) is 5.91 Å². The molecule has 0 saturated heterocycles. The Morgan fingerprint density at radius 1 is 1.29 bits per heavy atom. The Morgan fingerprint density at radius 2 is 2.07 bits per heavy atom. The van der Waals surface area contributed by atoms with E-state index in [2.05, 4.69) is 17.2 Å². The Hall–Kier alpha value is -2.51. The Labute approximate surface area is 171 Å². The summed E-state index contributed by atoms with van der Waals surface area (Å²) in [5.74, 6) is -0.0664. The standard InChI is InChI=1S/C21H21N3O2S2/c1-12-7-8-15-16(9-12)28-21(18(15)19(22)26)24-17(25)10-14-11-27-20(23-14)13-5-3-2-4-6-13/h2-6,11-12H,7-10H2,1H3,(H2,22,26)(H,24,25)/t12-/m0/s1. The number of nitrogens with one attached hydrogen (secondary N) is 1. The SMILES string of the molecule is C[C@H]1CCc2c(sc(NC(=O)Cc3csc(-c4ccccc4)n3)c2C(N)=O)C1. The number of hydrogen-bond donors (Lipinski definition) is 2. The molecule has 3 aromatic rings. The fourth-order valence-electron chi connectivity index (χ4n) is 3.54. The van der Waals surface area contributed by atoms with E-state index >= 15 is 0 Å². The average Bonchev–Trinajstić information content (AvgIpc) is 3.26. The number of thiazole rings is 1. The van der Waals surface area contributed by atoms with E-state index in [0.29, 0.717) is 16.5 Å². The molecule has 0 unspecified atom stereocenters. The summed E-state index contributed by atoms with van der Waals surface area (Å²) in [6, 6.07) is 9.89. The number of aromatic nitrogens is 1. The van der Waals surface area contributed by atoms with Crippen LogP contribution < -0.4 is 11.1 Å². The molecule has 0 bridgehead atoms. The van der Waals surface area contributed by atoms with Gasteiger partial charge in [-0.15, -0.1) is 22.7 Å². The van der Waals surface area contributed by atoms with Crippen LogP contribution in [0.5, 0.6) is 0 Å². The lowest BCUT2D eigenvalue weighted by Gasteiger charge is -2.18. The number of hydrogen-bond acceptors (Lipinski definition) is 5. The first-order valence-corrected chi connectivity index (χ1v) is 10.9. The van der Waals surface area contributed by atoms with E-state index in [-0.39, 0.29) is 12.3 Å². The fraction of sp³-hybridized carbons (Fsp3) is 0.286. The lowest BCUT2D eigenvalue weighted by atomic mass is 9.88. The zero-order valence-electron chi connectivity index (χ0n) is 15.5. The van der Waals surface area contributed by atoms with Crippen molar-refractivity contribution < 1.29 is 9.59 Å². The summed E-state index contributed by atoms with van der Waals surface area (Å²) in [5, 5.41) is 6.28. The molecule has 0 radical (unpaired) electrons. The maximum Gasteiger partial charge on any atom is 0.251 e. The molecule has 0 spiro atoms. The van der Waals surface area contributed by atoms with Gasteiger partial charge in [-0.2, -0.15) is 0 Å². The third-order valence-electron chi connectivity index (χ3n) is 4.93. The molecule has 0 aliphatic heterocycles. The van der Waals surface area contributed by atoms with Gasteiger partial charge in [0.1, 0.15) is 10.0 Å². The molecule has 4 rings (SSSR count). The van der Waals surface area contributed by atoms with Crippen molar-refractivity contribution in [3.05, 3.63) is 57.4 Å². The summed E-state index contributed by atoms with van der Waals surface area (Å²) in [6.07, 6.45) is 2.98. The molecule has 144 valence electrons. The summed E-state index contributed by atoms with van der Waals surface area (Å²) in [7, 11) is 0. The smallest absolute Gasteiger partial charge is 0.251 e. The van der Waals surface area contributed by atoms with Gasteiger partial charge in [0, 0.05) is 15.8 Å². The Morgan fingerprint density at radius 3 is 2.82 bits per heavy atom. The monoisotopic (exact) mass is 411 g/mol. The van der Waals surface area contributed by atoms with Gasteiger partial charge in [-0.25, -0.2) is 4.98 Å². The number of carbonyl (C=O) groups is 2. The summed E-state index contributed by atoms with van der Waals surface area (Å²) in [6.45, 7) is 2.21. The number of fused-ring (bicyclic) bond motifs is 1. The highest BCUT2D eigenvalue weighted by Crippen LogP contribution is 2.39. The third-order valence-corrected chi connectivity index (χ3v) is 7.04. The molecule has 3 N–H and O–H groups in total. The number of benzene rings is 1. The number of thiophene rings is 1. The average molecular weight is 412 g/mol. The van der Waals surface area contributed by atoms with Crippen molar-refractivity contribution in [3.8, 4) is 10.6 Å². The molecular weight excluding hydrogens is 390 g/mol. The predicted molar refractivity (Wildman–Crippen MR) is 114 cm³/mol. The highest BCUT2D eigenvalue weighted by molar-refractivity contribution is 7.17. The number of anilines is 1. The molecule has 28 heavy (non-hydrogen) atoms. The van der Waals surface area contributed by atoms with Crippen molar-refractivity contribution in [2.24, 2.45) is 11.7 Å². The van der Waals surface area contributed by atoms with Crippen molar-refractivity contribution >= 4 is 39.5 Å². The normalized spacial score (nSPS) is 15.8. The maximum absolute atomic E-state index is 12.6. The number of nitrogens with zero attached hydrogens (tertiary/aromatic N) is 1. The Bertz CT molecular complexity index is 1020. The van der Waals surface area contributed by atoms with Gasteiger partial charge in [0.25, 0.3) is 5.91 Å². The highest BCUT2D eigenvalue weighted by atomic mass is 32.1. The van der Waals surface area contributed by atoms with E-state index in [1.165, 1.54) is 27.6 Å². The van der Waals surface area contributed by atoms with E-state index in [1.807, 2.05) is 35.7 Å². The molecule has 0 fully saturated rings. The van der Waals surface area contributed by atoms with Gasteiger partial charge in [0.05, 0.1) is 17.7 Å². The summed E-state index contributed by atoms with van der Waals surface area (Å²) >= 11 is 3.00. The molecule has 5 nitrogen and oxygen atoms in total. The second-order valence-electron chi connectivity index (χ2n) is 7.16. The van der Waals surface area contributed by atoms with Crippen molar-refractivity contribution in [1.82, 2.24) is 4.98 Å². The molecule has 2 amide bonds. The topological polar surface area (TPSA) is 85.1 Å². The van der Waals surface area contributed by atoms with E-state index in [1.54, 1.807) is 0 Å². The number of rotatable bonds is 5. The Kier molecular flexibility index (Phi) is 5.28. The van der Waals surface area contributed by atoms with Crippen LogP contribution in [0.15, 0.2) is 35.7 Å². The van der Waals surface area contributed by atoms with Crippen LogP contribution in [0.2, 0.25) is 0 Å². The van der Waals surface area contributed by atoms with Crippen LogP contribution in [0.1, 0.15) is 39.8 Å². The summed E-state index contributed by atoms with van der Waals surface area (Å²) in [4.78, 5) is 30.3. The second kappa shape index (κ2) is 7.85. The molecule has 2 heterocycles. The van der Waals surface area contributed by atoms with Gasteiger partial charge < -0.3 is 11.1 Å². The zero-order chi connectivity index (χ0) is 19.7. The molecule has 1 aromatic carbocycles. The van der Waals surface area contributed by atoms with Crippen LogP contribution in [0.4, 0.5) is 5.00 Å². The van der Waals surface area contributed by atoms with Gasteiger partial charge in [0.15, 0.2) is 0 Å². The van der Waals surface area contributed by atoms with Crippen LogP contribution in [0.3, 0.4) is 0 Å². The van der Waals surface area contributed by atoms with Crippen molar-refractivity contribution in [1.29, 1.82) is 0 Å². The van der Waals surface area contributed by atoms with Crippen molar-refractivity contribution in [2.45, 2.75) is 32.6 Å². The van der Waals surface area contributed by atoms with Gasteiger partial charge in [-0.05, 0) is 30.7 Å². The molecule has 1 atom stereocenters. The van der Waals surface area contributed by atoms with Crippen molar-refractivity contribution in [2.75, 3.05) is 5.32 Å². The minimum atomic E-state index is -0.470. The first kappa shape index (κ1) is 18.8. The van der Waals surface area contributed by atoms with Crippen LogP contribution in [-0.4, -0.2) is 16.8 Å². The zero-order valence-corrected chi connectivity index (χ0v) is 17.2. The molecule has 2 aromatic heterocycles. The minimum Gasteiger partial charge on any atom is -0.365 e. The van der Waals surface area contributed by atoms with Crippen LogP contribution >= 0.6 is 22.7 Å². The first-order valence-electron chi connectivity index (χ1n) is 9.25. The van der Waals surface area contributed by atoms with Crippen LogP contribution in [-0.2, 0) is 24.1 Å². The van der Waals surface area contributed by atoms with Gasteiger partial charge in [-0.1, -0.05) is 37.3 Å². The first-order chi connectivity index (χ1) is 13.5. The summed E-state index contributed by atoms with van der Waals surface area (Å²) < 4.78 is 0. The van der Waals surface area contributed by atoms with Crippen LogP contribution in [0, 0.1) is 5.92 Å². The molecule has 1 aliphatic rings. The molecule has 0 saturated carbocycles. The largest absolute Gasteiger partial charge is 0.365 e. The molecular formula is C21H21N3O2S2. The molecule has 7 heteroatoms. The number of nitrogens with two attached hydrogens (primary N) is 1. The predicted octanol–water partition coefficient (Wildman–Crippen LogP) is 4.28. The third kappa shape index (κ3) is 3.86. The number of amides is 2. The Balaban J connectivity index is 1.50. The van der Waals surface area contributed by atoms with Crippen LogP contribution in [0.25, 0.3) is 10.6 Å². The van der Waals surface area contributed by atoms with Gasteiger partial charge >= 0.3 is 0 Å². The number of carbonyl (C=O) groups excluding carboxylic acids is 2. The maximum atomic E-state index is 12.6. The summed E-state index contributed by atoms with van der Waals surface area (Å²) in [5.41, 5.74) is 8.88. The van der Waals surface area contributed by atoms with E-state index in [9.17, 15) is 9.59 Å². The molecule has 1 aliphatic carbocycles. The minimum absolute atomic E-state index is 0.167. The van der Waals surface area contributed by atoms with Gasteiger partial charge in [-0.3, -0.25) is 9.59 Å². The fourth-order valence-corrected chi connectivity index (χ4v) is 5.79. The second-order valence-corrected chi connectivity index (χ2v) is 9.12. The quantitative estimate of drug-likeness (QED) is 0.657. The van der Waals surface area contributed by atoms with E-state index < -0.39 is 5.91 Å². The van der Waals surface area contributed by atoms with Crippen molar-refractivity contribution in [3.63, 3.8) is 0 Å².